The molecule has 0 radical (unpaired) electrons. The molecule has 342 valence electrons. The summed E-state index contributed by atoms with van der Waals surface area (Å²) in [4.78, 5) is 10.2. The zero-order chi connectivity index (χ0) is 49.1. The number of ether oxygens (including phenoxy) is 1. The van der Waals surface area contributed by atoms with Gasteiger partial charge in [0.2, 0.25) is 0 Å². The van der Waals surface area contributed by atoms with Crippen molar-refractivity contribution in [2.45, 2.75) is 6.92 Å². The lowest BCUT2D eigenvalue weighted by molar-refractivity contribution is -0.136. The highest BCUT2D eigenvalue weighted by molar-refractivity contribution is 6.70. The molecular formula is C75H30O2. The van der Waals surface area contributed by atoms with Crippen LogP contribution in [0.2, 0.25) is 0 Å². The Morgan fingerprint density at radius 1 is 0.247 bits per heavy atom. The summed E-state index contributed by atoms with van der Waals surface area (Å²) < 4.78 is 4.27. The average Bonchev–Trinajstić information content (AvgIpc) is 2.18. The first-order valence-electron chi connectivity index (χ1n) is 27.2. The van der Waals surface area contributed by atoms with Gasteiger partial charge in [0.1, 0.15) is 0 Å². The molecule has 0 bridgehead atoms. The Kier molecular flexibility index (Phi) is 4.94. The monoisotopic (exact) mass is 962 g/mol. The highest BCUT2D eigenvalue weighted by Crippen LogP contribution is 2.68. The summed E-state index contributed by atoms with van der Waals surface area (Å²) >= 11 is 0. The lowest BCUT2D eigenvalue weighted by Gasteiger charge is -2.34. The normalized spacial score (nSPS) is 14.2. The summed E-state index contributed by atoms with van der Waals surface area (Å²) in [5.74, 6) is -0.347. The molecular weight excluding hydrogens is 933 g/mol. The Morgan fingerprint density at radius 3 is 0.584 bits per heavy atom. The molecule has 0 fully saturated rings. The Morgan fingerprint density at radius 2 is 0.403 bits per heavy atom. The van der Waals surface area contributed by atoms with Gasteiger partial charge in [-0.05, 0) is 338 Å². The predicted molar refractivity (Wildman–Crippen MR) is 332 cm³/mol. The predicted octanol–water partition coefficient (Wildman–Crippen LogP) is 21.1. The maximum Gasteiger partial charge on any atom is 0.332 e. The number of rotatable bonds is 1. The molecule has 0 N–H and O–H groups in total. The smallest absolute Gasteiger partial charge is 0.332 e. The lowest BCUT2D eigenvalue weighted by atomic mass is 9.68. The average molecular weight is 963 g/mol. The molecule has 25 aromatic rings. The van der Waals surface area contributed by atoms with Crippen LogP contribution in [0.5, 0.6) is 0 Å². The number of esters is 1. The van der Waals surface area contributed by atoms with Crippen LogP contribution in [-0.2, 0) is 9.53 Å². The van der Waals surface area contributed by atoms with Crippen LogP contribution in [0.25, 0.3) is 259 Å². The number of hydrogen-bond acceptors (Lipinski definition) is 2. The van der Waals surface area contributed by atoms with Gasteiger partial charge in [0.15, 0.2) is 0 Å². The Hall–Kier alpha value is -9.89. The number of carbonyl (C=O) groups excluding carboxylic acids is 1. The van der Waals surface area contributed by atoms with Gasteiger partial charge in [-0.2, -0.15) is 0 Å². The van der Waals surface area contributed by atoms with Crippen molar-refractivity contribution in [3.05, 3.63) is 146 Å². The molecule has 25 rings (SSSR count). The van der Waals surface area contributed by atoms with Crippen LogP contribution >= 0.6 is 0 Å². The van der Waals surface area contributed by atoms with E-state index in [0.717, 1.165) is 0 Å². The second-order valence-electron chi connectivity index (χ2n) is 24.0. The fraction of sp³-hybridized carbons (Fsp3) is 0.0267. The minimum atomic E-state index is -0.347. The van der Waals surface area contributed by atoms with Gasteiger partial charge in [-0.3, -0.25) is 0 Å². The molecule has 2 heteroatoms. The Bertz CT molecular complexity index is 6180. The van der Waals surface area contributed by atoms with Crippen LogP contribution in [0.4, 0.5) is 0 Å². The van der Waals surface area contributed by atoms with Gasteiger partial charge in [-0.25, -0.2) is 4.79 Å². The van der Waals surface area contributed by atoms with E-state index in [2.05, 4.69) is 145 Å². The number of benzene rings is 25. The van der Waals surface area contributed by atoms with Crippen LogP contribution in [0.15, 0.2) is 146 Å². The van der Waals surface area contributed by atoms with Crippen LogP contribution in [-0.4, -0.2) is 13.1 Å². The van der Waals surface area contributed by atoms with Crippen molar-refractivity contribution in [2.24, 2.45) is 0 Å². The Labute approximate surface area is 431 Å². The Balaban J connectivity index is 0.000000541. The summed E-state index contributed by atoms with van der Waals surface area (Å²) in [5.41, 5.74) is 0.433. The molecule has 0 amide bonds. The van der Waals surface area contributed by atoms with E-state index in [-0.39, 0.29) is 5.97 Å². The number of methoxy groups -OCH3 is 1. The molecule has 0 heterocycles. The topological polar surface area (TPSA) is 26.3 Å². The van der Waals surface area contributed by atoms with Crippen molar-refractivity contribution in [1.29, 1.82) is 0 Å². The van der Waals surface area contributed by atoms with Gasteiger partial charge in [-0.1, -0.05) is 67.2 Å². The molecule has 0 saturated carbocycles. The quantitative estimate of drug-likeness (QED) is 0.0709. The standard InChI is InChI=1S/C70H22.C5H8O2/c1-3-23-11-31-19-35-15-27-7-9-29-17-37-21-33-13-25-5-2-6-26-14-34-22-38-18-30-10-8-28-16-36-20-32-12-24(4-1)39(23)53-45(31)59-49(35)55-41(27)43(29)57-51(37)61-47(33)54(40(25)26)48(34)62-52(38)58-44(30)42(28)56-50(36)60(46(32)53)63(59)69-65(55)67(57)70(64(61)62)68(58)66(56)69;1-4(2)5(6)7-3/h1-22H;1H2,2-3H3. The molecule has 0 unspecified atom stereocenters. The van der Waals surface area contributed by atoms with Crippen molar-refractivity contribution in [3.8, 4) is 0 Å². The highest BCUT2D eigenvalue weighted by Gasteiger charge is 2.38. The van der Waals surface area contributed by atoms with Crippen molar-refractivity contribution in [1.82, 2.24) is 0 Å². The first-order chi connectivity index (χ1) is 37.9. The lowest BCUT2D eigenvalue weighted by Crippen LogP contribution is -2.05. The SMILES string of the molecule is C=C(C)C(=O)OC.c1cc2cc3cc4cc5ccc6cc7cc8cc9cccc%10cc%11cc%12cc%13ccc%14cc%15cc%16cc(c1)c2c1c3c2c4c3c5c6c4c7c5c8c(c9%10)c%11c6c%12c7c%13c%14c8c%15c(c%161)c2c1c3c4c(c56)c7c81. The van der Waals surface area contributed by atoms with Crippen molar-refractivity contribution in [3.63, 3.8) is 0 Å². The molecule has 77 heavy (non-hydrogen) atoms. The zero-order valence-corrected chi connectivity index (χ0v) is 41.2. The van der Waals surface area contributed by atoms with Gasteiger partial charge in [0, 0.05) is 5.57 Å². The van der Waals surface area contributed by atoms with Crippen molar-refractivity contribution >= 4 is 265 Å². The summed E-state index contributed by atoms with van der Waals surface area (Å²) in [6, 6.07) is 54.7. The summed E-state index contributed by atoms with van der Waals surface area (Å²) in [7, 11) is 1.33. The van der Waals surface area contributed by atoms with E-state index < -0.39 is 0 Å². The first kappa shape index (κ1) is 36.1. The third kappa shape index (κ3) is 3.23. The first-order valence-corrected chi connectivity index (χ1v) is 27.2. The van der Waals surface area contributed by atoms with Crippen LogP contribution in [0, 0.1) is 0 Å². The fourth-order valence-corrected chi connectivity index (χ4v) is 18.8. The van der Waals surface area contributed by atoms with E-state index in [1.54, 1.807) is 6.92 Å². The van der Waals surface area contributed by atoms with Gasteiger partial charge >= 0.3 is 5.97 Å². The third-order valence-corrected chi connectivity index (χ3v) is 20.9. The van der Waals surface area contributed by atoms with Crippen LogP contribution < -0.4 is 0 Å². The largest absolute Gasteiger partial charge is 0.466 e. The molecule has 0 atom stereocenters. The van der Waals surface area contributed by atoms with Gasteiger partial charge < -0.3 is 4.74 Å². The molecule has 0 aliphatic heterocycles. The molecule has 0 aliphatic carbocycles. The molecule has 0 aliphatic rings. The summed E-state index contributed by atoms with van der Waals surface area (Å²) in [6.07, 6.45) is 0. The minimum Gasteiger partial charge on any atom is -0.466 e. The summed E-state index contributed by atoms with van der Waals surface area (Å²) in [6.45, 7) is 4.95. The fourth-order valence-electron chi connectivity index (χ4n) is 18.8. The molecule has 25 aromatic carbocycles. The maximum absolute atomic E-state index is 10.2. The molecule has 0 aromatic heterocycles. The second kappa shape index (κ2) is 10.5. The van der Waals surface area contributed by atoms with Gasteiger partial charge in [-0.15, -0.1) is 0 Å². The zero-order valence-electron chi connectivity index (χ0n) is 41.2. The van der Waals surface area contributed by atoms with E-state index in [1.807, 2.05) is 0 Å². The van der Waals surface area contributed by atoms with Crippen LogP contribution in [0.1, 0.15) is 6.92 Å². The number of carbonyl (C=O) groups is 1. The van der Waals surface area contributed by atoms with Crippen LogP contribution in [0.3, 0.4) is 0 Å². The van der Waals surface area contributed by atoms with Gasteiger partial charge in [0.25, 0.3) is 0 Å². The molecule has 0 spiro atoms. The minimum absolute atomic E-state index is 0.347. The third-order valence-electron chi connectivity index (χ3n) is 20.9. The van der Waals surface area contributed by atoms with Crippen molar-refractivity contribution in [2.75, 3.05) is 7.11 Å². The number of hydrogen-bond donors (Lipinski definition) is 0. The second-order valence-corrected chi connectivity index (χ2v) is 24.0. The highest BCUT2D eigenvalue weighted by atomic mass is 16.5. The van der Waals surface area contributed by atoms with E-state index in [0.29, 0.717) is 5.57 Å². The van der Waals surface area contributed by atoms with Crippen molar-refractivity contribution < 1.29 is 9.53 Å². The molecule has 2 nitrogen and oxygen atoms in total. The molecule has 0 saturated heterocycles. The maximum atomic E-state index is 10.2. The van der Waals surface area contributed by atoms with E-state index in [1.165, 1.54) is 266 Å². The van der Waals surface area contributed by atoms with Gasteiger partial charge in [0.05, 0.1) is 7.11 Å². The van der Waals surface area contributed by atoms with E-state index >= 15 is 0 Å². The van der Waals surface area contributed by atoms with E-state index in [4.69, 9.17) is 0 Å². The van der Waals surface area contributed by atoms with E-state index in [9.17, 15) is 4.79 Å². The summed E-state index contributed by atoms with van der Waals surface area (Å²) in [5, 5.41) is 69.3.